The molecule has 1 aliphatic rings. The van der Waals surface area contributed by atoms with Crippen molar-refractivity contribution >= 4 is 5.91 Å². The van der Waals surface area contributed by atoms with E-state index in [1.165, 1.54) is 12.8 Å². The average Bonchev–Trinajstić information content (AvgIpc) is 2.31. The van der Waals surface area contributed by atoms with E-state index in [0.29, 0.717) is 18.3 Å². The molecule has 0 aromatic carbocycles. The highest BCUT2D eigenvalue weighted by molar-refractivity contribution is 5.76. The molecule has 0 heterocycles. The maximum atomic E-state index is 12.1. The van der Waals surface area contributed by atoms with E-state index in [-0.39, 0.29) is 11.9 Å². The Hall–Kier alpha value is -0.570. The van der Waals surface area contributed by atoms with Crippen LogP contribution in [0.5, 0.6) is 0 Å². The van der Waals surface area contributed by atoms with Crippen LogP contribution in [0.15, 0.2) is 0 Å². The van der Waals surface area contributed by atoms with Gasteiger partial charge in [-0.3, -0.25) is 4.79 Å². The van der Waals surface area contributed by atoms with E-state index in [1.54, 1.807) is 0 Å². The lowest BCUT2D eigenvalue weighted by atomic mass is 9.82. The Kier molecular flexibility index (Phi) is 5.96. The molecule has 1 saturated carbocycles. The normalized spacial score (nSPS) is 26.6. The molecule has 1 aliphatic carbocycles. The maximum absolute atomic E-state index is 12.1. The zero-order valence-electron chi connectivity index (χ0n) is 11.6. The summed E-state index contributed by atoms with van der Waals surface area (Å²) in [6.45, 7) is 5.23. The summed E-state index contributed by atoms with van der Waals surface area (Å²) in [5.74, 6) is 1.27. The third-order valence-electron chi connectivity index (χ3n) is 4.11. The van der Waals surface area contributed by atoms with Gasteiger partial charge >= 0.3 is 0 Å². The monoisotopic (exact) mass is 240 g/mol. The molecule has 2 N–H and O–H groups in total. The third-order valence-corrected chi connectivity index (χ3v) is 4.11. The van der Waals surface area contributed by atoms with Crippen molar-refractivity contribution < 1.29 is 4.79 Å². The van der Waals surface area contributed by atoms with Crippen molar-refractivity contribution in [3.05, 3.63) is 0 Å². The Morgan fingerprint density at radius 3 is 2.65 bits per heavy atom. The first-order valence-corrected chi connectivity index (χ1v) is 7.04. The molecule has 1 rings (SSSR count). The van der Waals surface area contributed by atoms with Crippen LogP contribution in [0, 0.1) is 11.8 Å². The molecule has 1 amide bonds. The number of hydrogen-bond acceptors (Lipinski definition) is 2. The van der Waals surface area contributed by atoms with Gasteiger partial charge in [-0.15, -0.1) is 0 Å². The second kappa shape index (κ2) is 7.00. The summed E-state index contributed by atoms with van der Waals surface area (Å²) in [5, 5.41) is 0. The van der Waals surface area contributed by atoms with Crippen molar-refractivity contribution in [2.45, 2.75) is 58.4 Å². The molecule has 0 aliphatic heterocycles. The molecular weight excluding hydrogens is 212 g/mol. The van der Waals surface area contributed by atoms with Gasteiger partial charge in [0.1, 0.15) is 0 Å². The summed E-state index contributed by atoms with van der Waals surface area (Å²) in [6.07, 6.45) is 6.46. The van der Waals surface area contributed by atoms with Gasteiger partial charge < -0.3 is 10.6 Å². The largest absolute Gasteiger partial charge is 0.345 e. The number of rotatable bonds is 5. The van der Waals surface area contributed by atoms with E-state index in [1.807, 2.05) is 11.9 Å². The smallest absolute Gasteiger partial charge is 0.222 e. The number of hydrogen-bond donors (Lipinski definition) is 1. The summed E-state index contributed by atoms with van der Waals surface area (Å²) in [6, 6.07) is 0.240. The standard InChI is InChI=1S/C14H28N2O/c1-4-11(2)10-16(3)14(17)9-12-7-5-6-8-13(12)15/h11-13H,4-10,15H2,1-3H3. The molecule has 100 valence electrons. The van der Waals surface area contributed by atoms with E-state index in [4.69, 9.17) is 5.73 Å². The Balaban J connectivity index is 2.36. The SMILES string of the molecule is CCC(C)CN(C)C(=O)CC1CCCCC1N. The summed E-state index contributed by atoms with van der Waals surface area (Å²) in [4.78, 5) is 14.0. The second-order valence-electron chi connectivity index (χ2n) is 5.70. The average molecular weight is 240 g/mol. The number of carbonyl (C=O) groups excluding carboxylic acids is 1. The molecule has 17 heavy (non-hydrogen) atoms. The van der Waals surface area contributed by atoms with Gasteiger partial charge in [-0.05, 0) is 24.7 Å². The second-order valence-corrected chi connectivity index (χ2v) is 5.70. The van der Waals surface area contributed by atoms with Crippen molar-refractivity contribution in [2.75, 3.05) is 13.6 Å². The fourth-order valence-corrected chi connectivity index (χ4v) is 2.57. The zero-order valence-corrected chi connectivity index (χ0v) is 11.6. The Bertz CT molecular complexity index is 242. The first kappa shape index (κ1) is 14.5. The van der Waals surface area contributed by atoms with Crippen LogP contribution >= 0.6 is 0 Å². The van der Waals surface area contributed by atoms with Gasteiger partial charge in [0.25, 0.3) is 0 Å². The summed E-state index contributed by atoms with van der Waals surface area (Å²) in [5.41, 5.74) is 6.08. The first-order chi connectivity index (χ1) is 8.04. The molecule has 0 bridgehead atoms. The molecule has 0 aromatic heterocycles. The van der Waals surface area contributed by atoms with Crippen LogP contribution in [-0.2, 0) is 4.79 Å². The van der Waals surface area contributed by atoms with Crippen LogP contribution in [0.2, 0.25) is 0 Å². The lowest BCUT2D eigenvalue weighted by molar-refractivity contribution is -0.131. The number of carbonyl (C=O) groups is 1. The van der Waals surface area contributed by atoms with Crippen LogP contribution in [0.3, 0.4) is 0 Å². The predicted octanol–water partition coefficient (Wildman–Crippen LogP) is 2.40. The van der Waals surface area contributed by atoms with Gasteiger partial charge in [0, 0.05) is 26.1 Å². The highest BCUT2D eigenvalue weighted by atomic mass is 16.2. The molecule has 0 spiro atoms. The van der Waals surface area contributed by atoms with Crippen LogP contribution in [0.4, 0.5) is 0 Å². The Labute approximate surface area is 106 Å². The highest BCUT2D eigenvalue weighted by Crippen LogP contribution is 2.26. The molecule has 3 heteroatoms. The molecule has 0 aromatic rings. The lowest BCUT2D eigenvalue weighted by Gasteiger charge is -2.30. The van der Waals surface area contributed by atoms with E-state index in [9.17, 15) is 4.79 Å². The number of amides is 1. The van der Waals surface area contributed by atoms with E-state index in [0.717, 1.165) is 25.8 Å². The van der Waals surface area contributed by atoms with Gasteiger partial charge in [0.05, 0.1) is 0 Å². The summed E-state index contributed by atoms with van der Waals surface area (Å²) in [7, 11) is 1.92. The third kappa shape index (κ3) is 4.66. The van der Waals surface area contributed by atoms with Crippen molar-refractivity contribution in [3.63, 3.8) is 0 Å². The fourth-order valence-electron chi connectivity index (χ4n) is 2.57. The number of nitrogens with zero attached hydrogens (tertiary/aromatic N) is 1. The molecular formula is C14H28N2O. The minimum atomic E-state index is 0.240. The topological polar surface area (TPSA) is 46.3 Å². The minimum Gasteiger partial charge on any atom is -0.345 e. The molecule has 3 atom stereocenters. The van der Waals surface area contributed by atoms with Crippen molar-refractivity contribution in [1.82, 2.24) is 4.90 Å². The molecule has 0 radical (unpaired) electrons. The van der Waals surface area contributed by atoms with Crippen LogP contribution in [0.1, 0.15) is 52.4 Å². The van der Waals surface area contributed by atoms with Gasteiger partial charge in [-0.25, -0.2) is 0 Å². The van der Waals surface area contributed by atoms with Crippen molar-refractivity contribution in [1.29, 1.82) is 0 Å². The first-order valence-electron chi connectivity index (χ1n) is 7.04. The minimum absolute atomic E-state index is 0.240. The Morgan fingerprint density at radius 2 is 2.06 bits per heavy atom. The van der Waals surface area contributed by atoms with Crippen molar-refractivity contribution in [2.24, 2.45) is 17.6 Å². The van der Waals surface area contributed by atoms with E-state index >= 15 is 0 Å². The molecule has 3 nitrogen and oxygen atoms in total. The highest BCUT2D eigenvalue weighted by Gasteiger charge is 2.25. The van der Waals surface area contributed by atoms with E-state index < -0.39 is 0 Å². The van der Waals surface area contributed by atoms with Gasteiger partial charge in [0.15, 0.2) is 0 Å². The maximum Gasteiger partial charge on any atom is 0.222 e. The van der Waals surface area contributed by atoms with Gasteiger partial charge in [0.2, 0.25) is 5.91 Å². The van der Waals surface area contributed by atoms with Crippen LogP contribution < -0.4 is 5.73 Å². The van der Waals surface area contributed by atoms with Gasteiger partial charge in [-0.2, -0.15) is 0 Å². The molecule has 0 saturated heterocycles. The van der Waals surface area contributed by atoms with Crippen LogP contribution in [-0.4, -0.2) is 30.4 Å². The lowest BCUT2D eigenvalue weighted by Crippen LogP contribution is -2.38. The van der Waals surface area contributed by atoms with E-state index in [2.05, 4.69) is 13.8 Å². The van der Waals surface area contributed by atoms with Crippen LogP contribution in [0.25, 0.3) is 0 Å². The Morgan fingerprint density at radius 1 is 1.41 bits per heavy atom. The zero-order chi connectivity index (χ0) is 12.8. The summed E-state index contributed by atoms with van der Waals surface area (Å²) >= 11 is 0. The summed E-state index contributed by atoms with van der Waals surface area (Å²) < 4.78 is 0. The molecule has 1 fully saturated rings. The predicted molar refractivity (Wildman–Crippen MR) is 71.6 cm³/mol. The molecule has 3 unspecified atom stereocenters. The quantitative estimate of drug-likeness (QED) is 0.802. The fraction of sp³-hybridized carbons (Fsp3) is 0.929. The van der Waals surface area contributed by atoms with Crippen molar-refractivity contribution in [3.8, 4) is 0 Å². The number of nitrogens with two attached hydrogens (primary N) is 1. The van der Waals surface area contributed by atoms with Gasteiger partial charge in [-0.1, -0.05) is 33.1 Å².